The van der Waals surface area contributed by atoms with Gasteiger partial charge in [-0.2, -0.15) is 0 Å². The third-order valence-corrected chi connectivity index (χ3v) is 6.47. The van der Waals surface area contributed by atoms with E-state index in [-0.39, 0.29) is 10.6 Å². The number of nitrogens with zero attached hydrogens (tertiary/aromatic N) is 1. The minimum atomic E-state index is -0.328. The summed E-state index contributed by atoms with van der Waals surface area (Å²) in [5.41, 5.74) is 1.91. The van der Waals surface area contributed by atoms with Crippen molar-refractivity contribution < 1.29 is 4.92 Å². The van der Waals surface area contributed by atoms with Gasteiger partial charge in [-0.15, -0.1) is 0 Å². The zero-order chi connectivity index (χ0) is 15.3. The zero-order valence-electron chi connectivity index (χ0n) is 13.1. The highest BCUT2D eigenvalue weighted by Crippen LogP contribution is 2.65. The molecule has 21 heavy (non-hydrogen) atoms. The van der Waals surface area contributed by atoms with E-state index in [2.05, 4.69) is 26.1 Å². The third kappa shape index (κ3) is 2.16. The minimum Gasteiger partial charge on any atom is -0.309 e. The molecule has 2 aliphatic rings. The van der Waals surface area contributed by atoms with Crippen molar-refractivity contribution in [3.63, 3.8) is 0 Å². The molecule has 0 aliphatic heterocycles. The topological polar surface area (TPSA) is 55.2 Å². The van der Waals surface area contributed by atoms with Gasteiger partial charge in [0.05, 0.1) is 4.92 Å². The Morgan fingerprint density at radius 3 is 2.71 bits per heavy atom. The van der Waals surface area contributed by atoms with E-state index >= 15 is 0 Å². The average Bonchev–Trinajstić information content (AvgIpc) is 2.78. The second kappa shape index (κ2) is 4.80. The van der Waals surface area contributed by atoms with Crippen LogP contribution >= 0.6 is 0 Å². The van der Waals surface area contributed by atoms with Crippen molar-refractivity contribution in [3.05, 3.63) is 39.9 Å². The Labute approximate surface area is 126 Å². The van der Waals surface area contributed by atoms with Crippen LogP contribution < -0.4 is 5.32 Å². The van der Waals surface area contributed by atoms with Crippen LogP contribution in [0, 0.1) is 26.9 Å². The summed E-state index contributed by atoms with van der Waals surface area (Å²) in [5.74, 6) is 0.810. The van der Waals surface area contributed by atoms with Crippen LogP contribution in [0.3, 0.4) is 0 Å². The van der Waals surface area contributed by atoms with Crippen molar-refractivity contribution in [3.8, 4) is 0 Å². The molecule has 3 unspecified atom stereocenters. The summed E-state index contributed by atoms with van der Waals surface area (Å²) in [6.07, 6.45) is 3.87. The van der Waals surface area contributed by atoms with Gasteiger partial charge in [-0.3, -0.25) is 10.1 Å². The van der Waals surface area contributed by atoms with Crippen molar-refractivity contribution in [2.24, 2.45) is 16.7 Å². The van der Waals surface area contributed by atoms with E-state index in [1.807, 2.05) is 6.07 Å². The molecule has 2 aliphatic carbocycles. The van der Waals surface area contributed by atoms with Crippen LogP contribution in [-0.4, -0.2) is 11.0 Å². The molecular formula is C17H24N2O2. The summed E-state index contributed by atoms with van der Waals surface area (Å²) in [5, 5.41) is 14.5. The minimum absolute atomic E-state index is 0.175. The number of non-ortho nitro benzene ring substituents is 1. The Bertz CT molecular complexity index is 570. The monoisotopic (exact) mass is 288 g/mol. The second-order valence-corrected chi connectivity index (χ2v) is 7.47. The van der Waals surface area contributed by atoms with Gasteiger partial charge >= 0.3 is 0 Å². The van der Waals surface area contributed by atoms with Gasteiger partial charge < -0.3 is 5.32 Å². The van der Waals surface area contributed by atoms with Crippen molar-refractivity contribution in [1.82, 2.24) is 5.32 Å². The van der Waals surface area contributed by atoms with Crippen molar-refractivity contribution in [2.75, 3.05) is 0 Å². The number of nitro groups is 1. The number of nitro benzene ring substituents is 1. The molecule has 2 bridgehead atoms. The maximum Gasteiger partial charge on any atom is 0.269 e. The molecule has 2 fully saturated rings. The standard InChI is InChI=1S/C17H24N2O2/c1-16(2)13-7-8-17(16,3)15(10-13)18-11-12-5-4-6-14(9-12)19(20)21/h4-6,9,13,15,18H,7-8,10-11H2,1-3H3. The molecule has 0 saturated heterocycles. The quantitative estimate of drug-likeness (QED) is 0.675. The highest BCUT2D eigenvalue weighted by Gasteiger charge is 2.60. The number of rotatable bonds is 4. The summed E-state index contributed by atoms with van der Waals surface area (Å²) in [6.45, 7) is 7.93. The van der Waals surface area contributed by atoms with Gasteiger partial charge in [0.2, 0.25) is 0 Å². The molecule has 0 aromatic heterocycles. The normalized spacial score (nSPS) is 33.3. The van der Waals surface area contributed by atoms with Gasteiger partial charge in [-0.1, -0.05) is 32.9 Å². The summed E-state index contributed by atoms with van der Waals surface area (Å²) >= 11 is 0. The maximum absolute atomic E-state index is 10.8. The first-order chi connectivity index (χ1) is 9.84. The molecular weight excluding hydrogens is 264 g/mol. The number of nitrogens with one attached hydrogen (secondary N) is 1. The summed E-state index contributed by atoms with van der Waals surface area (Å²) in [4.78, 5) is 10.5. The molecule has 114 valence electrons. The molecule has 3 atom stereocenters. The van der Waals surface area contributed by atoms with Crippen LogP contribution in [0.2, 0.25) is 0 Å². The lowest BCUT2D eigenvalue weighted by atomic mass is 9.69. The molecule has 3 rings (SSSR count). The van der Waals surface area contributed by atoms with Gasteiger partial charge in [0, 0.05) is 24.7 Å². The SMILES string of the molecule is CC1(C)C2CCC1(C)C(NCc1cccc([N+](=O)[O-])c1)C2. The van der Waals surface area contributed by atoms with Crippen LogP contribution in [0.5, 0.6) is 0 Å². The first-order valence-electron chi connectivity index (χ1n) is 7.81. The fourth-order valence-corrected chi connectivity index (χ4v) is 4.53. The molecule has 2 saturated carbocycles. The number of fused-ring (bicyclic) bond motifs is 2. The van der Waals surface area contributed by atoms with Crippen LogP contribution in [0.25, 0.3) is 0 Å². The van der Waals surface area contributed by atoms with Gasteiger partial charge in [0.25, 0.3) is 5.69 Å². The Morgan fingerprint density at radius 2 is 2.14 bits per heavy atom. The van der Waals surface area contributed by atoms with Crippen LogP contribution in [0.1, 0.15) is 45.6 Å². The van der Waals surface area contributed by atoms with Gasteiger partial charge in [0.1, 0.15) is 0 Å². The molecule has 0 spiro atoms. The molecule has 4 nitrogen and oxygen atoms in total. The Morgan fingerprint density at radius 1 is 1.38 bits per heavy atom. The molecule has 0 amide bonds. The Kier molecular flexibility index (Phi) is 3.32. The maximum atomic E-state index is 10.8. The van der Waals surface area contributed by atoms with E-state index < -0.39 is 0 Å². The smallest absolute Gasteiger partial charge is 0.269 e. The fraction of sp³-hybridized carbons (Fsp3) is 0.647. The van der Waals surface area contributed by atoms with E-state index in [0.29, 0.717) is 23.4 Å². The molecule has 0 radical (unpaired) electrons. The Hall–Kier alpha value is -1.42. The first kappa shape index (κ1) is 14.5. The summed E-state index contributed by atoms with van der Waals surface area (Å²) in [6, 6.07) is 7.46. The van der Waals surface area contributed by atoms with Crippen molar-refractivity contribution in [2.45, 2.75) is 52.6 Å². The second-order valence-electron chi connectivity index (χ2n) is 7.47. The highest BCUT2D eigenvalue weighted by atomic mass is 16.6. The zero-order valence-corrected chi connectivity index (χ0v) is 13.1. The van der Waals surface area contributed by atoms with E-state index in [0.717, 1.165) is 11.5 Å². The number of benzene rings is 1. The van der Waals surface area contributed by atoms with E-state index in [1.165, 1.54) is 19.3 Å². The molecule has 1 aromatic rings. The van der Waals surface area contributed by atoms with Crippen molar-refractivity contribution >= 4 is 5.69 Å². The van der Waals surface area contributed by atoms with E-state index in [1.54, 1.807) is 18.2 Å². The Balaban J connectivity index is 1.69. The average molecular weight is 288 g/mol. The van der Waals surface area contributed by atoms with Crippen LogP contribution in [0.15, 0.2) is 24.3 Å². The van der Waals surface area contributed by atoms with Gasteiger partial charge in [-0.25, -0.2) is 0 Å². The molecule has 1 N–H and O–H groups in total. The van der Waals surface area contributed by atoms with Gasteiger partial charge in [-0.05, 0) is 41.6 Å². The van der Waals surface area contributed by atoms with Crippen LogP contribution in [-0.2, 0) is 6.54 Å². The molecule has 4 heteroatoms. The predicted octanol–water partition coefficient (Wildman–Crippen LogP) is 3.90. The van der Waals surface area contributed by atoms with Crippen LogP contribution in [0.4, 0.5) is 5.69 Å². The van der Waals surface area contributed by atoms with E-state index in [4.69, 9.17) is 0 Å². The summed E-state index contributed by atoms with van der Waals surface area (Å²) < 4.78 is 0. The highest BCUT2D eigenvalue weighted by molar-refractivity contribution is 5.34. The molecule has 1 aromatic carbocycles. The van der Waals surface area contributed by atoms with Gasteiger partial charge in [0.15, 0.2) is 0 Å². The lowest BCUT2D eigenvalue weighted by Crippen LogP contribution is -2.44. The van der Waals surface area contributed by atoms with Crippen molar-refractivity contribution in [1.29, 1.82) is 0 Å². The lowest BCUT2D eigenvalue weighted by molar-refractivity contribution is -0.384. The first-order valence-corrected chi connectivity index (χ1v) is 7.81. The van der Waals surface area contributed by atoms with E-state index in [9.17, 15) is 10.1 Å². The number of hydrogen-bond donors (Lipinski definition) is 1. The third-order valence-electron chi connectivity index (χ3n) is 6.47. The summed E-state index contributed by atoms with van der Waals surface area (Å²) in [7, 11) is 0. The molecule has 0 heterocycles. The number of hydrogen-bond acceptors (Lipinski definition) is 3. The predicted molar refractivity (Wildman–Crippen MR) is 83.0 cm³/mol. The largest absolute Gasteiger partial charge is 0.309 e. The fourth-order valence-electron chi connectivity index (χ4n) is 4.53. The lowest BCUT2D eigenvalue weighted by Gasteiger charge is -2.39.